The van der Waals surface area contributed by atoms with Gasteiger partial charge < -0.3 is 15.7 Å². The fourth-order valence-corrected chi connectivity index (χ4v) is 2.27. The highest BCUT2D eigenvalue weighted by Crippen LogP contribution is 2.32. The maximum Gasteiger partial charge on any atom is 0.245 e. The number of nitroso groups, excluding NO2 is 1. The van der Waals surface area contributed by atoms with Gasteiger partial charge in [-0.05, 0) is 17.3 Å². The van der Waals surface area contributed by atoms with Crippen LogP contribution in [0.1, 0.15) is 61.8 Å². The molecule has 3 N–H and O–H groups in total. The third-order valence-corrected chi connectivity index (χ3v) is 2.84. The average molecular weight is 348 g/mol. The number of hydrogen-bond donors (Lipinski definition) is 3. The highest BCUT2D eigenvalue weighted by atomic mass is 16.3. The van der Waals surface area contributed by atoms with Crippen LogP contribution in [0, 0.1) is 15.7 Å². The summed E-state index contributed by atoms with van der Waals surface area (Å²) in [6, 6.07) is 0. The smallest absolute Gasteiger partial charge is 0.245 e. The lowest BCUT2D eigenvalue weighted by Gasteiger charge is -2.35. The first-order chi connectivity index (χ1) is 11.1. The molecule has 7 heteroatoms. The second kappa shape index (κ2) is 15.1. The topological polar surface area (TPSA) is 108 Å². The molecule has 7 nitrogen and oxygen atoms in total. The van der Waals surface area contributed by atoms with Gasteiger partial charge >= 0.3 is 0 Å². The van der Waals surface area contributed by atoms with Crippen LogP contribution in [0.25, 0.3) is 0 Å². The molecule has 0 atom stereocenters. The molecule has 0 aromatic heterocycles. The van der Waals surface area contributed by atoms with E-state index in [2.05, 4.69) is 15.8 Å². The fourth-order valence-electron chi connectivity index (χ4n) is 2.27. The molecule has 24 heavy (non-hydrogen) atoms. The molecule has 0 saturated carbocycles. The molecule has 0 unspecified atom stereocenters. The summed E-state index contributed by atoms with van der Waals surface area (Å²) in [6.45, 7) is 16.0. The minimum Gasteiger partial charge on any atom is -0.387 e. The van der Waals surface area contributed by atoms with Crippen LogP contribution >= 0.6 is 0 Å². The summed E-state index contributed by atoms with van der Waals surface area (Å²) in [7, 11) is 0. The molecule has 0 fully saturated rings. The van der Waals surface area contributed by atoms with Crippen LogP contribution in [0.3, 0.4) is 0 Å². The summed E-state index contributed by atoms with van der Waals surface area (Å²) in [4.78, 5) is 32.2. The van der Waals surface area contributed by atoms with E-state index < -0.39 is 12.5 Å². The molecule has 0 aliphatic heterocycles. The van der Waals surface area contributed by atoms with Crippen LogP contribution in [0.15, 0.2) is 5.18 Å². The van der Waals surface area contributed by atoms with Crippen LogP contribution < -0.4 is 10.6 Å². The quantitative estimate of drug-likeness (QED) is 0.557. The SMILES string of the molecule is CC.CC.CC(C)(CNC(=O)CO)CC(C)(C)CNC(=O)CN=O. The van der Waals surface area contributed by atoms with E-state index in [1.54, 1.807) is 0 Å². The van der Waals surface area contributed by atoms with Crippen LogP contribution in [0.5, 0.6) is 0 Å². The van der Waals surface area contributed by atoms with Gasteiger partial charge in [0.05, 0.1) is 0 Å². The van der Waals surface area contributed by atoms with Gasteiger partial charge in [-0.15, -0.1) is 0 Å². The molecular formula is C17H37N3O4. The lowest BCUT2D eigenvalue weighted by Crippen LogP contribution is -2.41. The van der Waals surface area contributed by atoms with Crippen molar-refractivity contribution >= 4 is 11.8 Å². The number of amides is 2. The van der Waals surface area contributed by atoms with Gasteiger partial charge in [0.15, 0.2) is 6.54 Å². The summed E-state index contributed by atoms with van der Waals surface area (Å²) in [6.07, 6.45) is 0.751. The highest BCUT2D eigenvalue weighted by Gasteiger charge is 2.29. The van der Waals surface area contributed by atoms with Crippen LogP contribution in [0.2, 0.25) is 0 Å². The first-order valence-corrected chi connectivity index (χ1v) is 8.55. The van der Waals surface area contributed by atoms with E-state index in [-0.39, 0.29) is 23.3 Å². The average Bonchev–Trinajstić information content (AvgIpc) is 2.54. The number of rotatable bonds is 9. The lowest BCUT2D eigenvalue weighted by atomic mass is 9.75. The largest absolute Gasteiger partial charge is 0.387 e. The van der Waals surface area contributed by atoms with Gasteiger partial charge in [-0.25, -0.2) is 0 Å². The van der Waals surface area contributed by atoms with Crippen LogP contribution in [0.4, 0.5) is 0 Å². The van der Waals surface area contributed by atoms with Gasteiger partial charge in [0, 0.05) is 13.1 Å². The molecule has 0 bridgehead atoms. The van der Waals surface area contributed by atoms with Gasteiger partial charge in [-0.2, -0.15) is 4.91 Å². The van der Waals surface area contributed by atoms with Crippen molar-refractivity contribution in [3.05, 3.63) is 4.91 Å². The minimum absolute atomic E-state index is 0.179. The van der Waals surface area contributed by atoms with Crippen molar-refractivity contribution in [3.63, 3.8) is 0 Å². The molecule has 0 saturated heterocycles. The van der Waals surface area contributed by atoms with Crippen molar-refractivity contribution in [1.29, 1.82) is 0 Å². The Kier molecular flexibility index (Phi) is 17.2. The van der Waals surface area contributed by atoms with Crippen molar-refractivity contribution in [2.24, 2.45) is 16.0 Å². The third kappa shape index (κ3) is 16.9. The van der Waals surface area contributed by atoms with E-state index in [1.165, 1.54) is 0 Å². The van der Waals surface area contributed by atoms with Crippen molar-refractivity contribution in [2.75, 3.05) is 26.2 Å². The molecule has 0 spiro atoms. The van der Waals surface area contributed by atoms with Gasteiger partial charge in [-0.1, -0.05) is 60.6 Å². The maximum absolute atomic E-state index is 11.2. The monoisotopic (exact) mass is 347 g/mol. The Labute approximate surface area is 147 Å². The number of carbonyl (C=O) groups excluding carboxylic acids is 2. The van der Waals surface area contributed by atoms with Gasteiger partial charge in [0.1, 0.15) is 6.61 Å². The van der Waals surface area contributed by atoms with Gasteiger partial charge in [0.2, 0.25) is 11.8 Å². The predicted octanol–water partition coefficient (Wildman–Crippen LogP) is 2.47. The molecule has 0 aliphatic carbocycles. The number of hydrogen-bond acceptors (Lipinski definition) is 5. The van der Waals surface area contributed by atoms with Crippen LogP contribution in [-0.4, -0.2) is 43.2 Å². The van der Waals surface area contributed by atoms with Crippen molar-refractivity contribution in [3.8, 4) is 0 Å². The molecule has 2 amide bonds. The zero-order valence-electron chi connectivity index (χ0n) is 16.7. The Morgan fingerprint density at radius 2 is 1.25 bits per heavy atom. The summed E-state index contributed by atoms with van der Waals surface area (Å²) < 4.78 is 0. The normalized spacial score (nSPS) is 10.4. The molecular weight excluding hydrogens is 310 g/mol. The Bertz CT molecular complexity index is 356. The number of aliphatic hydroxyl groups is 1. The second-order valence-electron chi connectivity index (χ2n) is 6.50. The highest BCUT2D eigenvalue weighted by molar-refractivity contribution is 5.78. The second-order valence-corrected chi connectivity index (χ2v) is 6.50. The Hall–Kier alpha value is -1.50. The first kappa shape index (κ1) is 27.4. The number of nitrogens with zero attached hydrogens (tertiary/aromatic N) is 1. The van der Waals surface area contributed by atoms with Gasteiger partial charge in [0.25, 0.3) is 0 Å². The third-order valence-electron chi connectivity index (χ3n) is 2.84. The van der Waals surface area contributed by atoms with Crippen LogP contribution in [-0.2, 0) is 9.59 Å². The Morgan fingerprint density at radius 1 is 0.875 bits per heavy atom. The predicted molar refractivity (Wildman–Crippen MR) is 98.6 cm³/mol. The molecule has 0 aromatic carbocycles. The lowest BCUT2D eigenvalue weighted by molar-refractivity contribution is -0.124. The summed E-state index contributed by atoms with van der Waals surface area (Å²) in [5, 5.41) is 16.5. The molecule has 144 valence electrons. The molecule has 0 aromatic rings. The summed E-state index contributed by atoms with van der Waals surface area (Å²) in [5.74, 6) is -0.791. The van der Waals surface area contributed by atoms with Crippen molar-refractivity contribution in [2.45, 2.75) is 61.8 Å². The Morgan fingerprint density at radius 3 is 1.58 bits per heavy atom. The Balaban J connectivity index is -0.00000102. The number of nitrogens with one attached hydrogen (secondary N) is 2. The van der Waals surface area contributed by atoms with Crippen molar-refractivity contribution in [1.82, 2.24) is 10.6 Å². The number of carbonyl (C=O) groups is 2. The van der Waals surface area contributed by atoms with E-state index in [4.69, 9.17) is 5.11 Å². The summed E-state index contributed by atoms with van der Waals surface area (Å²) in [5.41, 5.74) is -0.367. The summed E-state index contributed by atoms with van der Waals surface area (Å²) >= 11 is 0. The molecule has 0 aliphatic rings. The molecule has 0 rings (SSSR count). The molecule has 0 radical (unpaired) electrons. The zero-order valence-corrected chi connectivity index (χ0v) is 16.7. The van der Waals surface area contributed by atoms with Gasteiger partial charge in [-0.3, -0.25) is 9.59 Å². The first-order valence-electron chi connectivity index (χ1n) is 8.55. The van der Waals surface area contributed by atoms with E-state index in [1.807, 2.05) is 55.4 Å². The standard InChI is InChI=1S/C13H25N3O4.2C2H6/c1-12(2,8-14-10(18)5-16-20)7-13(3,4)9-15-11(19)6-17;2*1-2/h17H,5-9H2,1-4H3,(H,14,18)(H,15,19);2*1-2H3. The number of aliphatic hydroxyl groups excluding tert-OH is 1. The maximum atomic E-state index is 11.2. The van der Waals surface area contributed by atoms with E-state index in [0.29, 0.717) is 13.1 Å². The fraction of sp³-hybridized carbons (Fsp3) is 0.882. The van der Waals surface area contributed by atoms with Crippen molar-refractivity contribution < 1.29 is 14.7 Å². The zero-order chi connectivity index (χ0) is 19.8. The molecule has 0 heterocycles. The van der Waals surface area contributed by atoms with E-state index >= 15 is 0 Å². The minimum atomic E-state index is -0.520. The van der Waals surface area contributed by atoms with E-state index in [9.17, 15) is 14.5 Å². The van der Waals surface area contributed by atoms with E-state index in [0.717, 1.165) is 6.42 Å².